The molecule has 1 aromatic carbocycles. The highest BCUT2D eigenvalue weighted by Crippen LogP contribution is 2.34. The lowest BCUT2D eigenvalue weighted by molar-refractivity contribution is 0.348. The molecule has 0 saturated carbocycles. The lowest BCUT2D eigenvalue weighted by Crippen LogP contribution is -2.14. The summed E-state index contributed by atoms with van der Waals surface area (Å²) in [6.07, 6.45) is 2.27. The second-order valence-electron chi connectivity index (χ2n) is 3.97. The zero-order chi connectivity index (χ0) is 13.0. The largest absolute Gasteiger partial charge is 0.493 e. The number of benzene rings is 1. The molecule has 18 heavy (non-hydrogen) atoms. The van der Waals surface area contributed by atoms with E-state index in [0.717, 1.165) is 11.3 Å². The number of furan rings is 1. The summed E-state index contributed by atoms with van der Waals surface area (Å²) < 4.78 is 15.9. The van der Waals surface area contributed by atoms with Gasteiger partial charge in [0.25, 0.3) is 0 Å². The molecule has 0 amide bonds. The first-order valence-corrected chi connectivity index (χ1v) is 5.75. The molecule has 4 nitrogen and oxygen atoms in total. The summed E-state index contributed by atoms with van der Waals surface area (Å²) in [5, 5.41) is 0. The molecule has 0 saturated heterocycles. The Morgan fingerprint density at radius 1 is 1.17 bits per heavy atom. The van der Waals surface area contributed by atoms with Gasteiger partial charge in [-0.25, -0.2) is 0 Å². The molecule has 4 heteroatoms. The molecule has 1 unspecified atom stereocenters. The predicted octanol–water partition coefficient (Wildman–Crippen LogP) is 2.54. The minimum atomic E-state index is -0.193. The minimum absolute atomic E-state index is 0.193. The van der Waals surface area contributed by atoms with Crippen LogP contribution in [0, 0.1) is 0 Å². The average Bonchev–Trinajstić information content (AvgIpc) is 2.90. The number of rotatable bonds is 5. The summed E-state index contributed by atoms with van der Waals surface area (Å²) in [7, 11) is 3.22. The second kappa shape index (κ2) is 5.60. The lowest BCUT2D eigenvalue weighted by Gasteiger charge is -2.17. The van der Waals surface area contributed by atoms with E-state index in [-0.39, 0.29) is 6.04 Å². The molecule has 2 N–H and O–H groups in total. The third kappa shape index (κ3) is 2.49. The van der Waals surface area contributed by atoms with Crippen LogP contribution in [0.25, 0.3) is 0 Å². The van der Waals surface area contributed by atoms with Gasteiger partial charge in [-0.05, 0) is 18.2 Å². The van der Waals surface area contributed by atoms with Crippen LogP contribution >= 0.6 is 0 Å². The number of hydrogen-bond donors (Lipinski definition) is 1. The van der Waals surface area contributed by atoms with Gasteiger partial charge in [0.1, 0.15) is 5.76 Å². The van der Waals surface area contributed by atoms with E-state index in [2.05, 4.69) is 0 Å². The lowest BCUT2D eigenvalue weighted by atomic mass is 10.0. The molecule has 0 bridgehead atoms. The molecular weight excluding hydrogens is 230 g/mol. The number of hydrogen-bond acceptors (Lipinski definition) is 4. The monoisotopic (exact) mass is 247 g/mol. The molecule has 1 aromatic heterocycles. The Morgan fingerprint density at radius 2 is 2.00 bits per heavy atom. The molecule has 0 aliphatic heterocycles. The van der Waals surface area contributed by atoms with Crippen LogP contribution in [0.3, 0.4) is 0 Å². The summed E-state index contributed by atoms with van der Waals surface area (Å²) in [4.78, 5) is 0. The quantitative estimate of drug-likeness (QED) is 0.882. The Bertz CT molecular complexity index is 494. The van der Waals surface area contributed by atoms with Crippen molar-refractivity contribution in [2.24, 2.45) is 5.73 Å². The van der Waals surface area contributed by atoms with Gasteiger partial charge in [0.15, 0.2) is 11.5 Å². The fraction of sp³-hybridized carbons (Fsp3) is 0.286. The van der Waals surface area contributed by atoms with Gasteiger partial charge in [0.2, 0.25) is 0 Å². The first-order chi connectivity index (χ1) is 8.76. The maximum absolute atomic E-state index is 6.19. The van der Waals surface area contributed by atoms with Gasteiger partial charge in [-0.15, -0.1) is 0 Å². The fourth-order valence-electron chi connectivity index (χ4n) is 1.96. The van der Waals surface area contributed by atoms with Crippen molar-refractivity contribution < 1.29 is 13.9 Å². The summed E-state index contributed by atoms with van der Waals surface area (Å²) in [5.74, 6) is 2.22. The number of para-hydroxylation sites is 1. The SMILES string of the molecule is COc1cccc(C(N)Cc2ccco2)c1OC. The third-order valence-electron chi connectivity index (χ3n) is 2.83. The Balaban J connectivity index is 2.26. The predicted molar refractivity (Wildman–Crippen MR) is 68.9 cm³/mol. The van der Waals surface area contributed by atoms with E-state index < -0.39 is 0 Å². The van der Waals surface area contributed by atoms with Crippen LogP contribution in [0.4, 0.5) is 0 Å². The first kappa shape index (κ1) is 12.5. The number of nitrogens with two attached hydrogens (primary N) is 1. The Kier molecular flexibility index (Phi) is 3.89. The molecular formula is C14H17NO3. The Morgan fingerprint density at radius 3 is 2.61 bits per heavy atom. The highest BCUT2D eigenvalue weighted by atomic mass is 16.5. The van der Waals surface area contributed by atoms with E-state index >= 15 is 0 Å². The van der Waals surface area contributed by atoms with Crippen LogP contribution < -0.4 is 15.2 Å². The van der Waals surface area contributed by atoms with Gasteiger partial charge in [-0.3, -0.25) is 0 Å². The molecule has 2 rings (SSSR count). The van der Waals surface area contributed by atoms with Gasteiger partial charge in [-0.2, -0.15) is 0 Å². The standard InChI is InChI=1S/C14H17NO3/c1-16-13-7-3-6-11(14(13)17-2)12(15)9-10-5-4-8-18-10/h3-8,12H,9,15H2,1-2H3. The zero-order valence-corrected chi connectivity index (χ0v) is 10.6. The minimum Gasteiger partial charge on any atom is -0.493 e. The van der Waals surface area contributed by atoms with Crippen molar-refractivity contribution in [3.63, 3.8) is 0 Å². The Labute approximate surface area is 106 Å². The average molecular weight is 247 g/mol. The van der Waals surface area contributed by atoms with Crippen LogP contribution in [0.2, 0.25) is 0 Å². The number of methoxy groups -OCH3 is 2. The topological polar surface area (TPSA) is 57.6 Å². The Hall–Kier alpha value is -1.94. The van der Waals surface area contributed by atoms with Crippen LogP contribution in [0.5, 0.6) is 11.5 Å². The highest BCUT2D eigenvalue weighted by Gasteiger charge is 2.17. The van der Waals surface area contributed by atoms with E-state index in [1.54, 1.807) is 20.5 Å². The molecule has 96 valence electrons. The summed E-state index contributed by atoms with van der Waals surface area (Å²) in [6, 6.07) is 9.26. The van der Waals surface area contributed by atoms with E-state index in [4.69, 9.17) is 19.6 Å². The maximum Gasteiger partial charge on any atom is 0.165 e. The van der Waals surface area contributed by atoms with Crippen LogP contribution in [-0.4, -0.2) is 14.2 Å². The van der Waals surface area contributed by atoms with Gasteiger partial charge < -0.3 is 19.6 Å². The van der Waals surface area contributed by atoms with Gasteiger partial charge in [0.05, 0.1) is 20.5 Å². The molecule has 0 aliphatic carbocycles. The second-order valence-corrected chi connectivity index (χ2v) is 3.97. The van der Waals surface area contributed by atoms with E-state index in [9.17, 15) is 0 Å². The summed E-state index contributed by atoms with van der Waals surface area (Å²) in [6.45, 7) is 0. The maximum atomic E-state index is 6.19. The molecule has 2 aromatic rings. The van der Waals surface area contributed by atoms with E-state index in [0.29, 0.717) is 17.9 Å². The first-order valence-electron chi connectivity index (χ1n) is 5.75. The highest BCUT2D eigenvalue weighted by molar-refractivity contribution is 5.48. The summed E-state index contributed by atoms with van der Waals surface area (Å²) >= 11 is 0. The van der Waals surface area contributed by atoms with Crippen molar-refractivity contribution in [2.45, 2.75) is 12.5 Å². The fourth-order valence-corrected chi connectivity index (χ4v) is 1.96. The zero-order valence-electron chi connectivity index (χ0n) is 10.6. The molecule has 1 atom stereocenters. The number of ether oxygens (including phenoxy) is 2. The van der Waals surface area contributed by atoms with Crippen LogP contribution in [0.15, 0.2) is 41.0 Å². The van der Waals surface area contributed by atoms with Crippen molar-refractivity contribution >= 4 is 0 Å². The molecule has 1 heterocycles. The molecule has 0 spiro atoms. The van der Waals surface area contributed by atoms with Crippen LogP contribution in [-0.2, 0) is 6.42 Å². The van der Waals surface area contributed by atoms with Crippen LogP contribution in [0.1, 0.15) is 17.4 Å². The van der Waals surface area contributed by atoms with Gasteiger partial charge >= 0.3 is 0 Å². The normalized spacial score (nSPS) is 12.2. The van der Waals surface area contributed by atoms with Crippen molar-refractivity contribution in [1.82, 2.24) is 0 Å². The smallest absolute Gasteiger partial charge is 0.165 e. The molecule has 0 aliphatic rings. The van der Waals surface area contributed by atoms with Gasteiger partial charge in [-0.1, -0.05) is 12.1 Å². The van der Waals surface area contributed by atoms with Crippen molar-refractivity contribution in [2.75, 3.05) is 14.2 Å². The molecule has 0 radical (unpaired) electrons. The van der Waals surface area contributed by atoms with Gasteiger partial charge in [0, 0.05) is 18.0 Å². The third-order valence-corrected chi connectivity index (χ3v) is 2.83. The van der Waals surface area contributed by atoms with E-state index in [1.165, 1.54) is 0 Å². The van der Waals surface area contributed by atoms with Crippen molar-refractivity contribution in [3.05, 3.63) is 47.9 Å². The van der Waals surface area contributed by atoms with E-state index in [1.807, 2.05) is 30.3 Å². The molecule has 0 fully saturated rings. The van der Waals surface area contributed by atoms with Crippen molar-refractivity contribution in [1.29, 1.82) is 0 Å². The summed E-state index contributed by atoms with van der Waals surface area (Å²) in [5.41, 5.74) is 7.10. The van der Waals surface area contributed by atoms with Crippen molar-refractivity contribution in [3.8, 4) is 11.5 Å².